The van der Waals surface area contributed by atoms with Crippen LogP contribution >= 0.6 is 0 Å². The van der Waals surface area contributed by atoms with Crippen LogP contribution in [0.15, 0.2) is 30.3 Å². The first-order valence-corrected chi connectivity index (χ1v) is 8.80. The maximum atomic E-state index is 12.4. The van der Waals surface area contributed by atoms with Crippen LogP contribution in [0.1, 0.15) is 39.2 Å². The number of rotatable bonds is 8. The molecule has 1 aliphatic rings. The van der Waals surface area contributed by atoms with Crippen LogP contribution in [-0.2, 0) is 20.9 Å². The van der Waals surface area contributed by atoms with E-state index in [1.165, 1.54) is 0 Å². The molecule has 0 aliphatic carbocycles. The first kappa shape index (κ1) is 19.6. The van der Waals surface area contributed by atoms with Gasteiger partial charge in [-0.25, -0.2) is 9.69 Å². The monoisotopic (exact) mass is 359 g/mol. The molecular weight excluding hydrogens is 334 g/mol. The van der Waals surface area contributed by atoms with Crippen molar-refractivity contribution >= 4 is 23.8 Å². The first-order valence-electron chi connectivity index (χ1n) is 8.80. The predicted molar refractivity (Wildman–Crippen MR) is 95.8 cm³/mol. The summed E-state index contributed by atoms with van der Waals surface area (Å²) in [5.41, 5.74) is 0.732. The topological polar surface area (TPSA) is 86.8 Å². The van der Waals surface area contributed by atoms with Gasteiger partial charge in [0.25, 0.3) is 0 Å². The molecule has 1 heterocycles. The molecule has 5 amide bonds. The number of nitrogens with one attached hydrogen (secondary N) is 1. The quantitative estimate of drug-likeness (QED) is 0.567. The number of hydrogen-bond acceptors (Lipinski definition) is 4. The molecular formula is C19H25N3O4. The summed E-state index contributed by atoms with van der Waals surface area (Å²) in [4.78, 5) is 50.3. The summed E-state index contributed by atoms with van der Waals surface area (Å²) in [7, 11) is 0. The Labute approximate surface area is 153 Å². The van der Waals surface area contributed by atoms with E-state index in [2.05, 4.69) is 19.2 Å². The minimum absolute atomic E-state index is 0.00710. The SMILES string of the molecule is CC(C)CC[C@H](C)NC(=O)CN1C(=O)C(=O)N(Cc2ccccc2)C1=O. The summed E-state index contributed by atoms with van der Waals surface area (Å²) < 4.78 is 0. The number of amides is 5. The molecule has 7 heteroatoms. The van der Waals surface area contributed by atoms with Crippen molar-refractivity contribution in [3.63, 3.8) is 0 Å². The molecule has 1 N–H and O–H groups in total. The lowest BCUT2D eigenvalue weighted by Crippen LogP contribution is -2.44. The molecule has 1 aromatic carbocycles. The van der Waals surface area contributed by atoms with Gasteiger partial charge in [0, 0.05) is 6.04 Å². The molecule has 0 spiro atoms. The van der Waals surface area contributed by atoms with E-state index in [1.54, 1.807) is 24.3 Å². The third kappa shape index (κ3) is 4.91. The number of imide groups is 2. The van der Waals surface area contributed by atoms with Crippen molar-refractivity contribution in [2.45, 2.75) is 46.2 Å². The molecule has 1 atom stereocenters. The molecule has 7 nitrogen and oxygen atoms in total. The maximum Gasteiger partial charge on any atom is 0.335 e. The maximum absolute atomic E-state index is 12.4. The molecule has 140 valence electrons. The average Bonchev–Trinajstić information content (AvgIpc) is 2.79. The minimum Gasteiger partial charge on any atom is -0.352 e. The Bertz CT molecular complexity index is 687. The van der Waals surface area contributed by atoms with E-state index in [1.807, 2.05) is 13.0 Å². The van der Waals surface area contributed by atoms with Crippen LogP contribution in [0.25, 0.3) is 0 Å². The van der Waals surface area contributed by atoms with E-state index in [4.69, 9.17) is 0 Å². The van der Waals surface area contributed by atoms with Crippen molar-refractivity contribution in [1.82, 2.24) is 15.1 Å². The van der Waals surface area contributed by atoms with E-state index >= 15 is 0 Å². The van der Waals surface area contributed by atoms with Crippen molar-refractivity contribution in [2.24, 2.45) is 5.92 Å². The van der Waals surface area contributed by atoms with Crippen molar-refractivity contribution < 1.29 is 19.2 Å². The fourth-order valence-corrected chi connectivity index (χ4v) is 2.71. The number of benzene rings is 1. The third-order valence-electron chi connectivity index (χ3n) is 4.20. The summed E-state index contributed by atoms with van der Waals surface area (Å²) >= 11 is 0. The van der Waals surface area contributed by atoms with E-state index < -0.39 is 30.3 Å². The van der Waals surface area contributed by atoms with Crippen molar-refractivity contribution in [3.8, 4) is 0 Å². The number of nitrogens with zero attached hydrogens (tertiary/aromatic N) is 2. The fourth-order valence-electron chi connectivity index (χ4n) is 2.71. The van der Waals surface area contributed by atoms with Crippen LogP contribution in [0.4, 0.5) is 4.79 Å². The molecule has 0 bridgehead atoms. The zero-order valence-corrected chi connectivity index (χ0v) is 15.4. The van der Waals surface area contributed by atoms with Crippen LogP contribution < -0.4 is 5.32 Å². The molecule has 0 radical (unpaired) electrons. The molecule has 1 fully saturated rings. The Hall–Kier alpha value is -2.70. The normalized spacial score (nSPS) is 15.8. The molecule has 26 heavy (non-hydrogen) atoms. The Balaban J connectivity index is 1.95. The lowest BCUT2D eigenvalue weighted by Gasteiger charge is -2.18. The highest BCUT2D eigenvalue weighted by Gasteiger charge is 2.45. The molecule has 0 saturated carbocycles. The van der Waals surface area contributed by atoms with E-state index in [-0.39, 0.29) is 12.6 Å². The summed E-state index contributed by atoms with van der Waals surface area (Å²) in [6.07, 6.45) is 1.77. The van der Waals surface area contributed by atoms with Gasteiger partial charge in [0.1, 0.15) is 6.54 Å². The van der Waals surface area contributed by atoms with E-state index in [0.717, 1.165) is 23.3 Å². The standard InChI is InChI=1S/C19H25N3O4/c1-13(2)9-10-14(3)20-16(23)12-22-18(25)17(24)21(19(22)26)11-15-7-5-4-6-8-15/h4-8,13-14H,9-12H2,1-3H3,(H,20,23)/t14-/m0/s1. The molecule has 1 aliphatic heterocycles. The lowest BCUT2D eigenvalue weighted by molar-refractivity contribution is -0.144. The second kappa shape index (κ2) is 8.60. The number of carbonyl (C=O) groups excluding carboxylic acids is 4. The van der Waals surface area contributed by atoms with Gasteiger partial charge in [0.2, 0.25) is 5.91 Å². The molecule has 1 aromatic rings. The smallest absolute Gasteiger partial charge is 0.335 e. The number of carbonyl (C=O) groups is 4. The Morgan fingerprint density at radius 1 is 0.962 bits per heavy atom. The van der Waals surface area contributed by atoms with Crippen LogP contribution in [0.2, 0.25) is 0 Å². The average molecular weight is 359 g/mol. The van der Waals surface area contributed by atoms with Crippen molar-refractivity contribution in [3.05, 3.63) is 35.9 Å². The summed E-state index contributed by atoms with van der Waals surface area (Å²) in [5, 5.41) is 2.77. The Kier molecular flexibility index (Phi) is 6.49. The van der Waals surface area contributed by atoms with Gasteiger partial charge in [-0.05, 0) is 31.2 Å². The second-order valence-electron chi connectivity index (χ2n) is 6.99. The first-order chi connectivity index (χ1) is 12.3. The lowest BCUT2D eigenvalue weighted by atomic mass is 10.0. The van der Waals surface area contributed by atoms with Crippen LogP contribution in [0, 0.1) is 5.92 Å². The number of urea groups is 1. The van der Waals surface area contributed by atoms with Gasteiger partial charge < -0.3 is 5.32 Å². The molecule has 2 rings (SSSR count). The highest BCUT2D eigenvalue weighted by atomic mass is 16.2. The zero-order chi connectivity index (χ0) is 19.3. The summed E-state index contributed by atoms with van der Waals surface area (Å²) in [5.74, 6) is -1.78. The molecule has 0 aromatic heterocycles. The minimum atomic E-state index is -0.962. The van der Waals surface area contributed by atoms with Gasteiger partial charge in [0.05, 0.1) is 6.54 Å². The van der Waals surface area contributed by atoms with Gasteiger partial charge in [-0.15, -0.1) is 0 Å². The highest BCUT2D eigenvalue weighted by Crippen LogP contribution is 2.16. The van der Waals surface area contributed by atoms with E-state index in [0.29, 0.717) is 10.8 Å². The molecule has 1 saturated heterocycles. The third-order valence-corrected chi connectivity index (χ3v) is 4.20. The van der Waals surface area contributed by atoms with Crippen LogP contribution in [0.3, 0.4) is 0 Å². The zero-order valence-electron chi connectivity index (χ0n) is 15.4. The predicted octanol–water partition coefficient (Wildman–Crippen LogP) is 1.92. The van der Waals surface area contributed by atoms with E-state index in [9.17, 15) is 19.2 Å². The fraction of sp³-hybridized carbons (Fsp3) is 0.474. The Morgan fingerprint density at radius 2 is 1.58 bits per heavy atom. The van der Waals surface area contributed by atoms with Gasteiger partial charge in [0.15, 0.2) is 0 Å². The number of hydrogen-bond donors (Lipinski definition) is 1. The second-order valence-corrected chi connectivity index (χ2v) is 6.99. The van der Waals surface area contributed by atoms with Gasteiger partial charge in [-0.2, -0.15) is 0 Å². The van der Waals surface area contributed by atoms with Crippen LogP contribution in [0.5, 0.6) is 0 Å². The molecule has 0 unspecified atom stereocenters. The summed E-state index contributed by atoms with van der Waals surface area (Å²) in [6, 6.07) is 8.09. The van der Waals surface area contributed by atoms with Gasteiger partial charge >= 0.3 is 17.8 Å². The Morgan fingerprint density at radius 3 is 2.19 bits per heavy atom. The summed E-state index contributed by atoms with van der Waals surface area (Å²) in [6.45, 7) is 5.64. The van der Waals surface area contributed by atoms with Gasteiger partial charge in [-0.3, -0.25) is 19.3 Å². The van der Waals surface area contributed by atoms with Crippen molar-refractivity contribution in [1.29, 1.82) is 0 Å². The highest BCUT2D eigenvalue weighted by molar-refractivity contribution is 6.44. The van der Waals surface area contributed by atoms with Crippen LogP contribution in [-0.4, -0.2) is 46.1 Å². The largest absolute Gasteiger partial charge is 0.352 e. The van der Waals surface area contributed by atoms with Crippen molar-refractivity contribution in [2.75, 3.05) is 6.54 Å². The van der Waals surface area contributed by atoms with Gasteiger partial charge in [-0.1, -0.05) is 44.2 Å².